The van der Waals surface area contributed by atoms with Crippen molar-refractivity contribution in [2.24, 2.45) is 5.92 Å². The predicted molar refractivity (Wildman–Crippen MR) is 97.9 cm³/mol. The number of H-pyrrole nitrogens is 1. The highest BCUT2D eigenvalue weighted by Gasteiger charge is 2.30. The second-order valence-corrected chi connectivity index (χ2v) is 7.25. The molecule has 1 saturated heterocycles. The topological polar surface area (TPSA) is 114 Å². The number of carbonyl (C=O) groups is 2. The molecule has 0 radical (unpaired) electrons. The van der Waals surface area contributed by atoms with Crippen molar-refractivity contribution >= 4 is 29.4 Å². The van der Waals surface area contributed by atoms with Crippen molar-refractivity contribution in [3.05, 3.63) is 21.6 Å². The van der Waals surface area contributed by atoms with Crippen LogP contribution in [0.3, 0.4) is 0 Å². The number of amides is 1. The van der Waals surface area contributed by atoms with E-state index in [1.807, 2.05) is 4.90 Å². The molecular formula is C17H23ClN4O5. The van der Waals surface area contributed by atoms with E-state index in [1.54, 1.807) is 0 Å². The molecular weight excluding hydrogens is 376 g/mol. The summed E-state index contributed by atoms with van der Waals surface area (Å²) in [4.78, 5) is 37.2. The number of rotatable bonds is 4. The van der Waals surface area contributed by atoms with Crippen LogP contribution in [0.25, 0.3) is 0 Å². The molecule has 10 heteroatoms. The molecule has 2 N–H and O–H groups in total. The number of aromatic nitrogens is 2. The Balaban J connectivity index is 1.45. The van der Waals surface area contributed by atoms with Gasteiger partial charge in [-0.2, -0.15) is 5.10 Å². The minimum absolute atomic E-state index is 0.00207. The molecule has 1 aliphatic heterocycles. The number of carbonyl (C=O) groups excluding carboxylic acids is 2. The summed E-state index contributed by atoms with van der Waals surface area (Å²) >= 11 is 6.02. The summed E-state index contributed by atoms with van der Waals surface area (Å²) in [5.74, 6) is -0.269. The summed E-state index contributed by atoms with van der Waals surface area (Å²) in [7, 11) is 1.39. The molecule has 2 fully saturated rings. The van der Waals surface area contributed by atoms with Gasteiger partial charge in [0.2, 0.25) is 0 Å². The first kappa shape index (κ1) is 19.5. The van der Waals surface area contributed by atoms with Gasteiger partial charge in [-0.15, -0.1) is 0 Å². The van der Waals surface area contributed by atoms with Gasteiger partial charge in [0.05, 0.1) is 31.5 Å². The van der Waals surface area contributed by atoms with Crippen LogP contribution in [0.1, 0.15) is 32.1 Å². The van der Waals surface area contributed by atoms with Gasteiger partial charge in [0, 0.05) is 19.0 Å². The summed E-state index contributed by atoms with van der Waals surface area (Å²) in [6.45, 7) is 1.07. The normalized spacial score (nSPS) is 25.1. The minimum Gasteiger partial charge on any atom is -0.469 e. The summed E-state index contributed by atoms with van der Waals surface area (Å²) in [6.07, 6.45) is 4.23. The predicted octanol–water partition coefficient (Wildman–Crippen LogP) is 1.46. The fraction of sp³-hybridized carbons (Fsp3) is 0.647. The van der Waals surface area contributed by atoms with Crippen LogP contribution in [-0.2, 0) is 14.3 Å². The average molecular weight is 399 g/mol. The molecule has 0 bridgehead atoms. The highest BCUT2D eigenvalue weighted by Crippen LogP contribution is 2.27. The number of esters is 1. The van der Waals surface area contributed by atoms with E-state index in [-0.39, 0.29) is 29.1 Å². The Bertz CT molecular complexity index is 747. The first-order valence-corrected chi connectivity index (χ1v) is 9.38. The molecule has 148 valence electrons. The third kappa shape index (κ3) is 4.71. The van der Waals surface area contributed by atoms with Crippen LogP contribution in [0, 0.1) is 5.92 Å². The van der Waals surface area contributed by atoms with Crippen LogP contribution in [0.2, 0.25) is 5.02 Å². The maximum absolute atomic E-state index is 12.2. The first-order chi connectivity index (χ1) is 13.0. The van der Waals surface area contributed by atoms with Gasteiger partial charge in [0.15, 0.2) is 0 Å². The summed E-state index contributed by atoms with van der Waals surface area (Å²) in [5.41, 5.74) is 0.0897. The zero-order valence-electron chi connectivity index (χ0n) is 15.1. The lowest BCUT2D eigenvalue weighted by atomic mass is 9.86. The van der Waals surface area contributed by atoms with Crippen LogP contribution in [-0.4, -0.2) is 54.6 Å². The standard InChI is InChI=1S/C17H23ClN4O5/c1-26-16(24)10-2-4-11(5-3-10)20-17(25)27-12-6-7-22(9-12)13-8-19-21-15(23)14(13)18/h8,10-12H,2-7,9H2,1H3,(H,20,25)(H,21,23)/t10?,11?,12-/m1/s1. The van der Waals surface area contributed by atoms with E-state index >= 15 is 0 Å². The van der Waals surface area contributed by atoms with Crippen molar-refractivity contribution < 1.29 is 19.1 Å². The number of methoxy groups -OCH3 is 1. The van der Waals surface area contributed by atoms with Crippen LogP contribution in [0.4, 0.5) is 10.5 Å². The maximum Gasteiger partial charge on any atom is 0.407 e. The highest BCUT2D eigenvalue weighted by atomic mass is 35.5. The Labute approximate surface area is 161 Å². The maximum atomic E-state index is 12.2. The lowest BCUT2D eigenvalue weighted by Gasteiger charge is -2.27. The molecule has 0 aromatic carbocycles. The summed E-state index contributed by atoms with van der Waals surface area (Å²) in [6, 6.07) is 0.00207. The van der Waals surface area contributed by atoms with E-state index < -0.39 is 11.7 Å². The Morgan fingerprint density at radius 1 is 1.30 bits per heavy atom. The second kappa shape index (κ2) is 8.60. The van der Waals surface area contributed by atoms with E-state index in [4.69, 9.17) is 21.1 Å². The van der Waals surface area contributed by atoms with Gasteiger partial charge in [0.1, 0.15) is 11.1 Å². The smallest absolute Gasteiger partial charge is 0.407 e. The molecule has 0 spiro atoms. The Hall–Kier alpha value is -2.29. The lowest BCUT2D eigenvalue weighted by Crippen LogP contribution is -2.40. The molecule has 2 heterocycles. The number of nitrogens with one attached hydrogen (secondary N) is 2. The first-order valence-electron chi connectivity index (χ1n) is 9.01. The lowest BCUT2D eigenvalue weighted by molar-refractivity contribution is -0.146. The largest absolute Gasteiger partial charge is 0.469 e. The summed E-state index contributed by atoms with van der Waals surface area (Å²) < 4.78 is 10.3. The monoisotopic (exact) mass is 398 g/mol. The van der Waals surface area contributed by atoms with E-state index in [0.29, 0.717) is 38.0 Å². The van der Waals surface area contributed by atoms with Gasteiger partial charge >= 0.3 is 12.1 Å². The van der Waals surface area contributed by atoms with Crippen LogP contribution >= 0.6 is 11.6 Å². The quantitative estimate of drug-likeness (QED) is 0.738. The van der Waals surface area contributed by atoms with Crippen molar-refractivity contribution in [3.63, 3.8) is 0 Å². The zero-order chi connectivity index (χ0) is 19.4. The molecule has 1 amide bonds. The molecule has 3 rings (SSSR count). The Morgan fingerprint density at radius 3 is 2.74 bits per heavy atom. The van der Waals surface area contributed by atoms with Gasteiger partial charge in [-0.25, -0.2) is 9.89 Å². The second-order valence-electron chi connectivity index (χ2n) is 6.88. The number of ether oxygens (including phenoxy) is 2. The van der Waals surface area contributed by atoms with Crippen molar-refractivity contribution in [2.45, 2.75) is 44.2 Å². The van der Waals surface area contributed by atoms with Gasteiger partial charge in [-0.3, -0.25) is 9.59 Å². The molecule has 1 saturated carbocycles. The van der Waals surface area contributed by atoms with E-state index in [0.717, 1.165) is 12.8 Å². The SMILES string of the molecule is COC(=O)C1CCC(NC(=O)O[C@@H]2CCN(c3cn[nH]c(=O)c3Cl)C2)CC1. The minimum atomic E-state index is -0.460. The van der Waals surface area contributed by atoms with Gasteiger partial charge in [-0.05, 0) is 25.7 Å². The third-order valence-corrected chi connectivity index (χ3v) is 5.49. The fourth-order valence-electron chi connectivity index (χ4n) is 3.63. The van der Waals surface area contributed by atoms with Gasteiger partial charge in [0.25, 0.3) is 5.56 Å². The number of hydrogen-bond donors (Lipinski definition) is 2. The number of halogens is 1. The van der Waals surface area contributed by atoms with E-state index in [1.165, 1.54) is 13.3 Å². The van der Waals surface area contributed by atoms with Crippen LogP contribution in [0.5, 0.6) is 0 Å². The third-order valence-electron chi connectivity index (χ3n) is 5.12. The zero-order valence-corrected chi connectivity index (χ0v) is 15.8. The van der Waals surface area contributed by atoms with Gasteiger partial charge < -0.3 is 19.7 Å². The Morgan fingerprint density at radius 2 is 2.04 bits per heavy atom. The van der Waals surface area contributed by atoms with Crippen LogP contribution < -0.4 is 15.8 Å². The van der Waals surface area contributed by atoms with Crippen molar-refractivity contribution in [3.8, 4) is 0 Å². The molecule has 2 aliphatic rings. The van der Waals surface area contributed by atoms with Crippen molar-refractivity contribution in [1.29, 1.82) is 0 Å². The number of hydrogen-bond acceptors (Lipinski definition) is 7. The van der Waals surface area contributed by atoms with Gasteiger partial charge in [-0.1, -0.05) is 11.6 Å². The van der Waals surface area contributed by atoms with E-state index in [2.05, 4.69) is 15.5 Å². The molecule has 1 aromatic heterocycles. The van der Waals surface area contributed by atoms with Crippen molar-refractivity contribution in [1.82, 2.24) is 15.5 Å². The molecule has 1 atom stereocenters. The number of aromatic amines is 1. The molecule has 0 unspecified atom stereocenters. The number of nitrogens with zero attached hydrogens (tertiary/aromatic N) is 2. The number of anilines is 1. The highest BCUT2D eigenvalue weighted by molar-refractivity contribution is 6.33. The molecule has 1 aromatic rings. The Kier molecular flexibility index (Phi) is 6.20. The number of alkyl carbamates (subject to hydrolysis) is 1. The fourth-order valence-corrected chi connectivity index (χ4v) is 3.84. The average Bonchev–Trinajstić information content (AvgIpc) is 3.12. The molecule has 9 nitrogen and oxygen atoms in total. The molecule has 27 heavy (non-hydrogen) atoms. The van der Waals surface area contributed by atoms with E-state index in [9.17, 15) is 14.4 Å². The van der Waals surface area contributed by atoms with Crippen LogP contribution in [0.15, 0.2) is 11.0 Å². The van der Waals surface area contributed by atoms with Crippen molar-refractivity contribution in [2.75, 3.05) is 25.1 Å². The molecule has 1 aliphatic carbocycles. The summed E-state index contributed by atoms with van der Waals surface area (Å²) in [5, 5.41) is 8.99.